The van der Waals surface area contributed by atoms with E-state index in [0.29, 0.717) is 6.42 Å². The second-order valence-corrected chi connectivity index (χ2v) is 6.57. The number of benzene rings is 1. The number of nitrogens with one attached hydrogen (secondary N) is 1. The molecule has 94 valence electrons. The summed E-state index contributed by atoms with van der Waals surface area (Å²) in [7, 11) is -3.14. The van der Waals surface area contributed by atoms with Crippen LogP contribution >= 0.6 is 0 Å². The van der Waals surface area contributed by atoms with E-state index in [1.807, 2.05) is 0 Å². The third-order valence-corrected chi connectivity index (χ3v) is 4.78. The van der Waals surface area contributed by atoms with E-state index < -0.39 is 21.2 Å². The lowest BCUT2D eigenvalue weighted by Gasteiger charge is -2.28. The first kappa shape index (κ1) is 12.3. The molecule has 1 aromatic rings. The van der Waals surface area contributed by atoms with Crippen LogP contribution in [-0.4, -0.2) is 37.2 Å². The number of aliphatic hydroxyl groups excluding tert-OH is 1. The molecule has 0 saturated carbocycles. The van der Waals surface area contributed by atoms with Crippen molar-refractivity contribution in [3.8, 4) is 0 Å². The maximum Gasteiger partial charge on any atom is 0.152 e. The number of halogens is 1. The molecular weight excluding hydrogens is 245 g/mol. The molecule has 1 aliphatic rings. The van der Waals surface area contributed by atoms with Gasteiger partial charge in [-0.25, -0.2) is 12.8 Å². The standard InChI is InChI=1S/C11H14FNO3S/c12-9-3-1-2-4-10(9)13-11(7-14)5-6-17(15,16)8-11/h1-4,13-14H,5-8H2. The molecule has 4 nitrogen and oxygen atoms in total. The van der Waals surface area contributed by atoms with E-state index in [1.165, 1.54) is 12.1 Å². The molecule has 0 aromatic heterocycles. The lowest BCUT2D eigenvalue weighted by molar-refractivity contribution is 0.226. The van der Waals surface area contributed by atoms with Gasteiger partial charge in [-0.2, -0.15) is 0 Å². The Morgan fingerprint density at radius 1 is 1.41 bits per heavy atom. The van der Waals surface area contributed by atoms with E-state index in [4.69, 9.17) is 0 Å². The van der Waals surface area contributed by atoms with Crippen molar-refractivity contribution in [3.63, 3.8) is 0 Å². The fraction of sp³-hybridized carbons (Fsp3) is 0.455. The average Bonchev–Trinajstić information content (AvgIpc) is 2.59. The summed E-state index contributed by atoms with van der Waals surface area (Å²) in [6.07, 6.45) is 0.292. The van der Waals surface area contributed by atoms with Gasteiger partial charge in [0.25, 0.3) is 0 Å². The van der Waals surface area contributed by atoms with Crippen molar-refractivity contribution in [2.45, 2.75) is 12.0 Å². The Bertz CT molecular complexity index is 517. The van der Waals surface area contributed by atoms with Gasteiger partial charge in [-0.3, -0.25) is 0 Å². The van der Waals surface area contributed by atoms with Gasteiger partial charge in [-0.05, 0) is 18.6 Å². The minimum Gasteiger partial charge on any atom is -0.394 e. The van der Waals surface area contributed by atoms with Crippen molar-refractivity contribution in [1.29, 1.82) is 0 Å². The molecule has 1 saturated heterocycles. The van der Waals surface area contributed by atoms with Crippen LogP contribution in [0.2, 0.25) is 0 Å². The zero-order valence-corrected chi connectivity index (χ0v) is 10.0. The van der Waals surface area contributed by atoms with Gasteiger partial charge in [0, 0.05) is 0 Å². The lowest BCUT2D eigenvalue weighted by Crippen LogP contribution is -2.43. The molecule has 1 aromatic carbocycles. The fourth-order valence-corrected chi connectivity index (χ4v) is 4.02. The second-order valence-electron chi connectivity index (χ2n) is 4.39. The SMILES string of the molecule is O=S1(=O)CCC(CO)(Nc2ccccc2F)C1. The molecule has 1 atom stereocenters. The largest absolute Gasteiger partial charge is 0.394 e. The molecule has 1 unspecified atom stereocenters. The summed E-state index contributed by atoms with van der Waals surface area (Å²) in [4.78, 5) is 0. The normalized spacial score (nSPS) is 26.9. The summed E-state index contributed by atoms with van der Waals surface area (Å²) >= 11 is 0. The quantitative estimate of drug-likeness (QED) is 0.842. The maximum absolute atomic E-state index is 13.4. The van der Waals surface area contributed by atoms with Gasteiger partial charge in [0.1, 0.15) is 5.82 Å². The highest BCUT2D eigenvalue weighted by molar-refractivity contribution is 7.91. The van der Waals surface area contributed by atoms with E-state index in [0.717, 1.165) is 0 Å². The molecular formula is C11H14FNO3S. The van der Waals surface area contributed by atoms with Gasteiger partial charge in [0.05, 0.1) is 29.3 Å². The smallest absolute Gasteiger partial charge is 0.152 e. The zero-order valence-electron chi connectivity index (χ0n) is 9.19. The molecule has 1 heterocycles. The molecule has 2 N–H and O–H groups in total. The van der Waals surface area contributed by atoms with Crippen LogP contribution in [0.1, 0.15) is 6.42 Å². The Kier molecular flexibility index (Phi) is 3.09. The van der Waals surface area contributed by atoms with Crippen molar-refractivity contribution in [2.24, 2.45) is 0 Å². The van der Waals surface area contributed by atoms with Crippen LogP contribution in [0.5, 0.6) is 0 Å². The van der Waals surface area contributed by atoms with Gasteiger partial charge in [0.15, 0.2) is 9.84 Å². The first-order valence-electron chi connectivity index (χ1n) is 5.30. The summed E-state index contributed by atoms with van der Waals surface area (Å²) in [5.74, 6) is -0.593. The average molecular weight is 259 g/mol. The first-order valence-corrected chi connectivity index (χ1v) is 7.13. The number of anilines is 1. The minimum absolute atomic E-state index is 0.0228. The number of hydrogen-bond acceptors (Lipinski definition) is 4. The maximum atomic E-state index is 13.4. The second kappa shape index (κ2) is 4.27. The summed E-state index contributed by atoms with van der Waals surface area (Å²) in [6.45, 7) is -0.333. The first-order chi connectivity index (χ1) is 7.96. The molecule has 6 heteroatoms. The molecule has 0 amide bonds. The molecule has 1 fully saturated rings. The molecule has 17 heavy (non-hydrogen) atoms. The van der Waals surface area contributed by atoms with Crippen LogP contribution in [0, 0.1) is 5.82 Å². The van der Waals surface area contributed by atoms with E-state index in [1.54, 1.807) is 12.1 Å². The van der Waals surface area contributed by atoms with E-state index in [2.05, 4.69) is 5.32 Å². The van der Waals surface area contributed by atoms with Gasteiger partial charge >= 0.3 is 0 Å². The molecule has 1 aliphatic heterocycles. The van der Waals surface area contributed by atoms with Gasteiger partial charge < -0.3 is 10.4 Å². The van der Waals surface area contributed by atoms with Crippen molar-refractivity contribution >= 4 is 15.5 Å². The lowest BCUT2D eigenvalue weighted by atomic mass is 10.00. The van der Waals surface area contributed by atoms with Crippen LogP contribution < -0.4 is 5.32 Å². The number of aliphatic hydroxyl groups is 1. The van der Waals surface area contributed by atoms with E-state index in [-0.39, 0.29) is 23.8 Å². The summed E-state index contributed by atoms with van der Waals surface area (Å²) in [6, 6.07) is 6.02. The van der Waals surface area contributed by atoms with Crippen LogP contribution in [-0.2, 0) is 9.84 Å². The highest BCUT2D eigenvalue weighted by Crippen LogP contribution is 2.28. The Hall–Kier alpha value is -1.14. The monoisotopic (exact) mass is 259 g/mol. The Morgan fingerprint density at radius 3 is 2.65 bits per heavy atom. The summed E-state index contributed by atoms with van der Waals surface area (Å²) < 4.78 is 36.3. The summed E-state index contributed by atoms with van der Waals surface area (Å²) in [5, 5.41) is 12.2. The van der Waals surface area contributed by atoms with E-state index in [9.17, 15) is 17.9 Å². The Balaban J connectivity index is 2.25. The number of para-hydroxylation sites is 1. The molecule has 0 radical (unpaired) electrons. The fourth-order valence-electron chi connectivity index (χ4n) is 2.03. The van der Waals surface area contributed by atoms with Gasteiger partial charge in [-0.15, -0.1) is 0 Å². The van der Waals surface area contributed by atoms with Crippen LogP contribution in [0.4, 0.5) is 10.1 Å². The minimum atomic E-state index is -3.14. The predicted molar refractivity (Wildman–Crippen MR) is 63.1 cm³/mol. The molecule has 0 spiro atoms. The molecule has 0 bridgehead atoms. The van der Waals surface area contributed by atoms with Crippen molar-refractivity contribution < 1.29 is 17.9 Å². The van der Waals surface area contributed by atoms with Gasteiger partial charge in [0.2, 0.25) is 0 Å². The Morgan fingerprint density at radius 2 is 2.12 bits per heavy atom. The van der Waals surface area contributed by atoms with Gasteiger partial charge in [-0.1, -0.05) is 12.1 Å². The van der Waals surface area contributed by atoms with Crippen molar-refractivity contribution in [1.82, 2.24) is 0 Å². The number of hydrogen-bond donors (Lipinski definition) is 2. The van der Waals surface area contributed by atoms with Crippen LogP contribution in [0.25, 0.3) is 0 Å². The highest BCUT2D eigenvalue weighted by Gasteiger charge is 2.42. The van der Waals surface area contributed by atoms with Crippen LogP contribution in [0.3, 0.4) is 0 Å². The molecule has 0 aliphatic carbocycles. The topological polar surface area (TPSA) is 66.4 Å². The van der Waals surface area contributed by atoms with Crippen molar-refractivity contribution in [3.05, 3.63) is 30.1 Å². The molecule has 2 rings (SSSR count). The number of sulfone groups is 1. The van der Waals surface area contributed by atoms with Crippen molar-refractivity contribution in [2.75, 3.05) is 23.4 Å². The highest BCUT2D eigenvalue weighted by atomic mass is 32.2. The van der Waals surface area contributed by atoms with Crippen LogP contribution in [0.15, 0.2) is 24.3 Å². The predicted octanol–water partition coefficient (Wildman–Crippen LogP) is 0.787. The summed E-state index contributed by atoms with van der Waals surface area (Å²) in [5.41, 5.74) is -0.736. The number of rotatable bonds is 3. The van der Waals surface area contributed by atoms with E-state index >= 15 is 0 Å². The third-order valence-electron chi connectivity index (χ3n) is 2.96. The third kappa shape index (κ3) is 2.58. The Labute approximate surface area is 99.4 Å². The zero-order chi connectivity index (χ0) is 12.5.